The quantitative estimate of drug-likeness (QED) is 0.555. The molecule has 2 aromatic carbocycles. The van der Waals surface area contributed by atoms with Crippen molar-refractivity contribution in [3.63, 3.8) is 0 Å². The van der Waals surface area contributed by atoms with Crippen molar-refractivity contribution in [2.75, 3.05) is 17.7 Å². The zero-order chi connectivity index (χ0) is 20.1. The molecular weight excluding hydrogens is 385 g/mol. The maximum atomic E-state index is 13.8. The molecule has 8 nitrogen and oxygen atoms in total. The summed E-state index contributed by atoms with van der Waals surface area (Å²) in [6.07, 6.45) is 1.35. The number of rotatable bonds is 7. The van der Waals surface area contributed by atoms with E-state index in [1.165, 1.54) is 37.7 Å². The summed E-state index contributed by atoms with van der Waals surface area (Å²) in [4.78, 5) is 8.25. The normalized spacial score (nSPS) is 11.1. The van der Waals surface area contributed by atoms with E-state index >= 15 is 0 Å². The maximum Gasteiger partial charge on any atom is 0.238 e. The number of hydrogen-bond donors (Lipinski definition) is 3. The van der Waals surface area contributed by atoms with Gasteiger partial charge in [0.25, 0.3) is 0 Å². The first-order valence-corrected chi connectivity index (χ1v) is 9.68. The van der Waals surface area contributed by atoms with Gasteiger partial charge < -0.3 is 15.4 Å². The second-order valence-electron chi connectivity index (χ2n) is 5.81. The Hall–Kier alpha value is -3.24. The number of aromatic nitrogens is 2. The Labute approximate surface area is 161 Å². The average molecular weight is 403 g/mol. The van der Waals surface area contributed by atoms with Gasteiger partial charge in [0, 0.05) is 24.4 Å². The van der Waals surface area contributed by atoms with E-state index in [0.29, 0.717) is 23.9 Å². The SMILES string of the molecule is COc1ccc(Nc2cc(NCc3cccc(S(N)(=O)=O)c3)ncn2)cc1F. The van der Waals surface area contributed by atoms with Crippen LogP contribution in [0.5, 0.6) is 5.75 Å². The molecule has 28 heavy (non-hydrogen) atoms. The molecule has 3 rings (SSSR count). The molecule has 0 aliphatic heterocycles. The number of nitrogens with zero attached hydrogens (tertiary/aromatic N) is 2. The van der Waals surface area contributed by atoms with E-state index in [-0.39, 0.29) is 10.6 Å². The minimum Gasteiger partial charge on any atom is -0.494 e. The predicted octanol–water partition coefficient (Wildman–Crippen LogP) is 2.63. The molecule has 0 saturated carbocycles. The highest BCUT2D eigenvalue weighted by Gasteiger charge is 2.08. The first-order chi connectivity index (χ1) is 13.3. The van der Waals surface area contributed by atoms with Crippen molar-refractivity contribution < 1.29 is 17.5 Å². The second kappa shape index (κ2) is 8.19. The number of ether oxygens (including phenoxy) is 1. The minimum absolute atomic E-state index is 0.0402. The van der Waals surface area contributed by atoms with Crippen LogP contribution >= 0.6 is 0 Å². The summed E-state index contributed by atoms with van der Waals surface area (Å²) < 4.78 is 41.6. The lowest BCUT2D eigenvalue weighted by Gasteiger charge is -2.10. The lowest BCUT2D eigenvalue weighted by molar-refractivity contribution is 0.386. The molecule has 0 unspecified atom stereocenters. The third-order valence-corrected chi connectivity index (χ3v) is 4.70. The Kier molecular flexibility index (Phi) is 5.71. The van der Waals surface area contributed by atoms with Gasteiger partial charge in [-0.1, -0.05) is 12.1 Å². The highest BCUT2D eigenvalue weighted by molar-refractivity contribution is 7.89. The van der Waals surface area contributed by atoms with E-state index in [2.05, 4.69) is 20.6 Å². The molecule has 0 radical (unpaired) electrons. The Morgan fingerprint density at radius 2 is 1.89 bits per heavy atom. The third-order valence-electron chi connectivity index (χ3n) is 3.79. The van der Waals surface area contributed by atoms with Gasteiger partial charge in [0.2, 0.25) is 10.0 Å². The molecule has 3 aromatic rings. The van der Waals surface area contributed by atoms with Crippen molar-refractivity contribution in [2.24, 2.45) is 5.14 Å². The van der Waals surface area contributed by atoms with Crippen LogP contribution in [0.1, 0.15) is 5.56 Å². The van der Waals surface area contributed by atoms with Crippen molar-refractivity contribution in [3.05, 3.63) is 66.2 Å². The fourth-order valence-electron chi connectivity index (χ4n) is 2.44. The van der Waals surface area contributed by atoms with Crippen LogP contribution in [0.3, 0.4) is 0 Å². The Morgan fingerprint density at radius 3 is 2.61 bits per heavy atom. The van der Waals surface area contributed by atoms with E-state index in [1.54, 1.807) is 24.3 Å². The van der Waals surface area contributed by atoms with Gasteiger partial charge in [0.15, 0.2) is 11.6 Å². The predicted molar refractivity (Wildman–Crippen MR) is 103 cm³/mol. The summed E-state index contributed by atoms with van der Waals surface area (Å²) in [5, 5.41) is 11.2. The lowest BCUT2D eigenvalue weighted by atomic mass is 10.2. The van der Waals surface area contributed by atoms with Crippen LogP contribution in [-0.2, 0) is 16.6 Å². The van der Waals surface area contributed by atoms with Crippen molar-refractivity contribution in [1.29, 1.82) is 0 Å². The molecule has 0 bridgehead atoms. The summed E-state index contributed by atoms with van der Waals surface area (Å²) in [5.74, 6) is 0.625. The molecule has 1 heterocycles. The number of primary sulfonamides is 1. The van der Waals surface area contributed by atoms with Gasteiger partial charge in [-0.15, -0.1) is 0 Å². The highest BCUT2D eigenvalue weighted by Crippen LogP contribution is 2.23. The number of anilines is 3. The molecule has 10 heteroatoms. The Balaban J connectivity index is 1.69. The van der Waals surface area contributed by atoms with Crippen LogP contribution in [0.15, 0.2) is 59.8 Å². The Bertz CT molecular complexity index is 1090. The van der Waals surface area contributed by atoms with Crippen LogP contribution in [-0.4, -0.2) is 25.5 Å². The zero-order valence-electron chi connectivity index (χ0n) is 14.9. The van der Waals surface area contributed by atoms with Crippen LogP contribution in [0.25, 0.3) is 0 Å². The summed E-state index contributed by atoms with van der Waals surface area (Å²) in [7, 11) is -2.37. The molecule has 0 atom stereocenters. The van der Waals surface area contributed by atoms with Gasteiger partial charge in [0.1, 0.15) is 18.0 Å². The van der Waals surface area contributed by atoms with Gasteiger partial charge in [-0.25, -0.2) is 27.9 Å². The Morgan fingerprint density at radius 1 is 1.11 bits per heavy atom. The van der Waals surface area contributed by atoms with E-state index in [9.17, 15) is 12.8 Å². The summed E-state index contributed by atoms with van der Waals surface area (Å²) in [6.45, 7) is 0.330. The zero-order valence-corrected chi connectivity index (χ0v) is 15.7. The number of halogens is 1. The van der Waals surface area contributed by atoms with Crippen LogP contribution < -0.4 is 20.5 Å². The van der Waals surface area contributed by atoms with E-state index in [1.807, 2.05) is 0 Å². The molecule has 0 spiro atoms. The van der Waals surface area contributed by atoms with E-state index in [0.717, 1.165) is 5.56 Å². The highest BCUT2D eigenvalue weighted by atomic mass is 32.2. The van der Waals surface area contributed by atoms with Gasteiger partial charge in [-0.05, 0) is 29.8 Å². The molecule has 146 valence electrons. The van der Waals surface area contributed by atoms with Crippen molar-refractivity contribution in [2.45, 2.75) is 11.4 Å². The largest absolute Gasteiger partial charge is 0.494 e. The lowest BCUT2D eigenvalue weighted by Crippen LogP contribution is -2.12. The molecule has 0 saturated heterocycles. The topological polar surface area (TPSA) is 119 Å². The number of nitrogens with two attached hydrogens (primary N) is 1. The van der Waals surface area contributed by atoms with E-state index in [4.69, 9.17) is 9.88 Å². The van der Waals surface area contributed by atoms with Gasteiger partial charge >= 0.3 is 0 Å². The first-order valence-electron chi connectivity index (χ1n) is 8.13. The van der Waals surface area contributed by atoms with Gasteiger partial charge in [-0.2, -0.15) is 0 Å². The van der Waals surface area contributed by atoms with E-state index < -0.39 is 15.8 Å². The third kappa shape index (κ3) is 4.93. The molecule has 1 aromatic heterocycles. The summed E-state index contributed by atoms with van der Waals surface area (Å²) in [5.41, 5.74) is 1.22. The summed E-state index contributed by atoms with van der Waals surface area (Å²) >= 11 is 0. The monoisotopic (exact) mass is 403 g/mol. The van der Waals surface area contributed by atoms with Gasteiger partial charge in [0.05, 0.1) is 12.0 Å². The standard InChI is InChI=1S/C18H18FN5O3S/c1-27-16-6-5-13(8-15(16)19)24-18-9-17(22-11-23-18)21-10-12-3-2-4-14(7-12)28(20,25)26/h2-9,11H,10H2,1H3,(H2,20,25,26)(H2,21,22,23,24). The molecule has 0 aliphatic rings. The van der Waals surface area contributed by atoms with Crippen LogP contribution in [0, 0.1) is 5.82 Å². The minimum atomic E-state index is -3.76. The number of sulfonamides is 1. The van der Waals surface area contributed by atoms with Crippen molar-refractivity contribution >= 4 is 27.3 Å². The molecule has 4 N–H and O–H groups in total. The van der Waals surface area contributed by atoms with Crippen LogP contribution in [0.4, 0.5) is 21.7 Å². The van der Waals surface area contributed by atoms with Crippen molar-refractivity contribution in [3.8, 4) is 5.75 Å². The molecule has 0 aliphatic carbocycles. The fraction of sp³-hybridized carbons (Fsp3) is 0.111. The maximum absolute atomic E-state index is 13.8. The number of nitrogens with one attached hydrogen (secondary N) is 2. The first kappa shape index (κ1) is 19.5. The van der Waals surface area contributed by atoms with Crippen LogP contribution in [0.2, 0.25) is 0 Å². The number of benzene rings is 2. The smallest absolute Gasteiger partial charge is 0.238 e. The van der Waals surface area contributed by atoms with Gasteiger partial charge in [-0.3, -0.25) is 0 Å². The summed E-state index contributed by atoms with van der Waals surface area (Å²) in [6, 6.07) is 12.4. The molecule has 0 amide bonds. The number of hydrogen-bond acceptors (Lipinski definition) is 7. The molecular formula is C18H18FN5O3S. The second-order valence-corrected chi connectivity index (χ2v) is 7.37. The van der Waals surface area contributed by atoms with Crippen molar-refractivity contribution in [1.82, 2.24) is 9.97 Å². The fourth-order valence-corrected chi connectivity index (χ4v) is 3.02. The number of methoxy groups -OCH3 is 1. The molecule has 0 fully saturated rings. The average Bonchev–Trinajstić information content (AvgIpc) is 2.66.